The second kappa shape index (κ2) is 7.59. The van der Waals surface area contributed by atoms with Crippen LogP contribution in [-0.4, -0.2) is 56.3 Å². The number of ether oxygens (including phenoxy) is 1. The van der Waals surface area contributed by atoms with Gasteiger partial charge in [-0.1, -0.05) is 0 Å². The van der Waals surface area contributed by atoms with Crippen LogP contribution in [0.15, 0.2) is 36.1 Å². The fourth-order valence-corrected chi connectivity index (χ4v) is 4.30. The van der Waals surface area contributed by atoms with Crippen molar-refractivity contribution in [1.29, 1.82) is 0 Å². The van der Waals surface area contributed by atoms with Crippen LogP contribution in [0.2, 0.25) is 0 Å². The first kappa shape index (κ1) is 18.4. The van der Waals surface area contributed by atoms with Crippen molar-refractivity contribution in [3.05, 3.63) is 47.5 Å². The van der Waals surface area contributed by atoms with Gasteiger partial charge in [-0.15, -0.1) is 11.3 Å². The van der Waals surface area contributed by atoms with Crippen LogP contribution in [0.25, 0.3) is 10.6 Å². The number of esters is 1. The lowest BCUT2D eigenvalue weighted by Crippen LogP contribution is -2.39. The minimum absolute atomic E-state index is 0.0504. The zero-order valence-electron chi connectivity index (χ0n) is 15.7. The first-order valence-electron chi connectivity index (χ1n) is 9.06. The number of aryl methyl sites for hydroxylation is 1. The van der Waals surface area contributed by atoms with Crippen molar-refractivity contribution >= 4 is 23.2 Å². The number of carbonyl (C=O) groups is 2. The fourth-order valence-electron chi connectivity index (χ4n) is 3.54. The van der Waals surface area contributed by atoms with Crippen molar-refractivity contribution in [2.75, 3.05) is 20.2 Å². The predicted molar refractivity (Wildman–Crippen MR) is 104 cm³/mol. The van der Waals surface area contributed by atoms with Crippen molar-refractivity contribution < 1.29 is 14.3 Å². The number of carbonyl (C=O) groups excluding carboxylic acids is 2. The summed E-state index contributed by atoms with van der Waals surface area (Å²) in [4.78, 5) is 31.1. The molecule has 146 valence electrons. The van der Waals surface area contributed by atoms with E-state index >= 15 is 0 Å². The van der Waals surface area contributed by atoms with Crippen LogP contribution in [-0.2, 0) is 11.8 Å². The smallest absolute Gasteiger partial charge is 0.354 e. The first-order chi connectivity index (χ1) is 13.6. The summed E-state index contributed by atoms with van der Waals surface area (Å²) in [6.45, 7) is 1.25. The van der Waals surface area contributed by atoms with Crippen molar-refractivity contribution in [2.24, 2.45) is 7.05 Å². The summed E-state index contributed by atoms with van der Waals surface area (Å²) >= 11 is 1.45. The van der Waals surface area contributed by atoms with E-state index in [0.717, 1.165) is 23.4 Å². The van der Waals surface area contributed by atoms with Gasteiger partial charge in [0, 0.05) is 49.5 Å². The Labute approximate surface area is 166 Å². The van der Waals surface area contributed by atoms with E-state index < -0.39 is 0 Å². The number of methoxy groups -OCH3 is 1. The molecule has 1 fully saturated rings. The second-order valence-corrected chi connectivity index (χ2v) is 7.61. The Hall–Kier alpha value is -2.94. The highest BCUT2D eigenvalue weighted by Crippen LogP contribution is 2.27. The van der Waals surface area contributed by atoms with E-state index in [1.807, 2.05) is 35.0 Å². The molecule has 0 atom stereocenters. The molecule has 1 aliphatic rings. The molecule has 0 aliphatic carbocycles. The van der Waals surface area contributed by atoms with Gasteiger partial charge in [-0.05, 0) is 25.0 Å². The van der Waals surface area contributed by atoms with E-state index in [4.69, 9.17) is 4.74 Å². The van der Waals surface area contributed by atoms with Gasteiger partial charge in [-0.2, -0.15) is 5.10 Å². The van der Waals surface area contributed by atoms with Gasteiger partial charge in [0.2, 0.25) is 0 Å². The lowest BCUT2D eigenvalue weighted by atomic mass is 10.0. The molecular formula is C19H21N5O3S. The maximum absolute atomic E-state index is 12.8. The van der Waals surface area contributed by atoms with Crippen molar-refractivity contribution in [3.8, 4) is 10.6 Å². The summed E-state index contributed by atoms with van der Waals surface area (Å²) in [5, 5.41) is 6.74. The van der Waals surface area contributed by atoms with E-state index in [1.54, 1.807) is 22.3 Å². The van der Waals surface area contributed by atoms with Crippen molar-refractivity contribution in [3.63, 3.8) is 0 Å². The van der Waals surface area contributed by atoms with Gasteiger partial charge in [-0.3, -0.25) is 9.48 Å². The lowest BCUT2D eigenvalue weighted by Gasteiger charge is -2.33. The zero-order valence-corrected chi connectivity index (χ0v) is 16.6. The van der Waals surface area contributed by atoms with E-state index in [2.05, 4.69) is 10.1 Å². The summed E-state index contributed by atoms with van der Waals surface area (Å²) in [5.41, 5.74) is 1.93. The van der Waals surface area contributed by atoms with E-state index in [-0.39, 0.29) is 17.9 Å². The molecule has 8 nitrogen and oxygen atoms in total. The Morgan fingerprint density at radius 1 is 1.29 bits per heavy atom. The van der Waals surface area contributed by atoms with Crippen LogP contribution in [0.4, 0.5) is 0 Å². The number of aromatic nitrogens is 4. The van der Waals surface area contributed by atoms with Gasteiger partial charge in [0.1, 0.15) is 16.4 Å². The van der Waals surface area contributed by atoms with Gasteiger partial charge in [0.25, 0.3) is 5.91 Å². The quantitative estimate of drug-likeness (QED) is 0.630. The number of hydrogen-bond donors (Lipinski definition) is 0. The molecule has 0 N–H and O–H groups in total. The molecule has 9 heteroatoms. The Balaban J connectivity index is 1.41. The Morgan fingerprint density at radius 3 is 2.75 bits per heavy atom. The van der Waals surface area contributed by atoms with Crippen LogP contribution in [0.3, 0.4) is 0 Å². The van der Waals surface area contributed by atoms with Gasteiger partial charge in [0.05, 0.1) is 13.3 Å². The third-order valence-electron chi connectivity index (χ3n) is 4.99. The molecule has 0 aromatic carbocycles. The van der Waals surface area contributed by atoms with Crippen LogP contribution < -0.4 is 0 Å². The van der Waals surface area contributed by atoms with Gasteiger partial charge >= 0.3 is 5.97 Å². The number of amides is 1. The summed E-state index contributed by atoms with van der Waals surface area (Å²) in [7, 11) is 3.23. The van der Waals surface area contributed by atoms with Gasteiger partial charge < -0.3 is 14.2 Å². The maximum atomic E-state index is 12.8. The Kier molecular flexibility index (Phi) is 4.99. The second-order valence-electron chi connectivity index (χ2n) is 6.76. The predicted octanol–water partition coefficient (Wildman–Crippen LogP) is 2.61. The number of nitrogens with zero attached hydrogens (tertiary/aromatic N) is 5. The molecule has 0 unspecified atom stereocenters. The Morgan fingerprint density at radius 2 is 2.07 bits per heavy atom. The molecule has 0 spiro atoms. The molecule has 3 aromatic rings. The van der Waals surface area contributed by atoms with Gasteiger partial charge in [-0.25, -0.2) is 9.78 Å². The standard InChI is InChI=1S/C19H21N5O3S/c1-22-11-13(10-20-22)17-21-15(12-28-17)18(25)23-8-5-14(6-9-23)24-7-3-4-16(24)19(26)27-2/h3-4,7,10-12,14H,5-6,8-9H2,1-2H3. The molecule has 4 rings (SSSR count). The molecule has 1 amide bonds. The minimum Gasteiger partial charge on any atom is -0.464 e. The molecule has 28 heavy (non-hydrogen) atoms. The van der Waals surface area contributed by atoms with Crippen LogP contribution in [0.1, 0.15) is 39.9 Å². The third kappa shape index (κ3) is 3.45. The highest BCUT2D eigenvalue weighted by molar-refractivity contribution is 7.13. The molecule has 4 heterocycles. The monoisotopic (exact) mass is 399 g/mol. The molecule has 0 saturated carbocycles. The molecule has 1 aliphatic heterocycles. The third-order valence-corrected chi connectivity index (χ3v) is 5.89. The van der Waals surface area contributed by atoms with E-state index in [0.29, 0.717) is 24.5 Å². The largest absolute Gasteiger partial charge is 0.464 e. The number of rotatable bonds is 4. The SMILES string of the molecule is COC(=O)c1cccn1C1CCN(C(=O)c2csc(-c3cnn(C)c3)n2)CC1. The molecule has 3 aromatic heterocycles. The summed E-state index contributed by atoms with van der Waals surface area (Å²) in [6.07, 6.45) is 7.09. The van der Waals surface area contributed by atoms with Crippen LogP contribution in [0, 0.1) is 0 Å². The van der Waals surface area contributed by atoms with E-state index in [9.17, 15) is 9.59 Å². The first-order valence-corrected chi connectivity index (χ1v) is 9.93. The van der Waals surface area contributed by atoms with Crippen LogP contribution in [0.5, 0.6) is 0 Å². The average molecular weight is 399 g/mol. The number of piperidine rings is 1. The fraction of sp³-hybridized carbons (Fsp3) is 0.368. The summed E-state index contributed by atoms with van der Waals surface area (Å²) in [5.74, 6) is -0.389. The lowest BCUT2D eigenvalue weighted by molar-refractivity contribution is 0.0573. The normalized spacial score (nSPS) is 15.0. The molecule has 0 radical (unpaired) electrons. The summed E-state index contributed by atoms with van der Waals surface area (Å²) in [6, 6.07) is 3.78. The maximum Gasteiger partial charge on any atom is 0.354 e. The van der Waals surface area contributed by atoms with Crippen molar-refractivity contribution in [1.82, 2.24) is 24.2 Å². The number of thiazole rings is 1. The highest BCUT2D eigenvalue weighted by atomic mass is 32.1. The average Bonchev–Trinajstić information content (AvgIpc) is 3.47. The molecule has 1 saturated heterocycles. The zero-order chi connectivity index (χ0) is 19.7. The van der Waals surface area contributed by atoms with Crippen molar-refractivity contribution in [2.45, 2.75) is 18.9 Å². The topological polar surface area (TPSA) is 82.3 Å². The highest BCUT2D eigenvalue weighted by Gasteiger charge is 2.27. The van der Waals surface area contributed by atoms with Crippen LogP contribution >= 0.6 is 11.3 Å². The Bertz CT molecular complexity index is 997. The van der Waals surface area contributed by atoms with E-state index in [1.165, 1.54) is 18.4 Å². The number of hydrogen-bond acceptors (Lipinski definition) is 6. The number of likely N-dealkylation sites (tertiary alicyclic amines) is 1. The molecule has 0 bridgehead atoms. The summed E-state index contributed by atoms with van der Waals surface area (Å²) < 4.78 is 8.52. The molecular weight excluding hydrogens is 378 g/mol. The minimum atomic E-state index is -0.339. The van der Waals surface area contributed by atoms with Gasteiger partial charge in [0.15, 0.2) is 0 Å².